The predicted octanol–water partition coefficient (Wildman–Crippen LogP) is 4.43. The van der Waals surface area contributed by atoms with Crippen LogP contribution in [0.4, 0.5) is 5.69 Å². The van der Waals surface area contributed by atoms with Gasteiger partial charge in [0.05, 0.1) is 15.6 Å². The maximum Gasteiger partial charge on any atom is 0.262 e. The van der Waals surface area contributed by atoms with Crippen LogP contribution in [0.1, 0.15) is 0 Å². The van der Waals surface area contributed by atoms with Gasteiger partial charge in [0.2, 0.25) is 0 Å². The second kappa shape index (κ2) is 8.46. The molecule has 3 aromatic rings. The number of carbonyl (C=O) groups is 1. The van der Waals surface area contributed by atoms with E-state index in [1.54, 1.807) is 24.3 Å². The van der Waals surface area contributed by atoms with Crippen molar-refractivity contribution in [3.05, 3.63) is 77.8 Å². The van der Waals surface area contributed by atoms with E-state index in [1.807, 2.05) is 36.4 Å². The van der Waals surface area contributed by atoms with Gasteiger partial charge in [-0.3, -0.25) is 4.79 Å². The summed E-state index contributed by atoms with van der Waals surface area (Å²) in [6.07, 6.45) is 1.09. The third-order valence-corrected chi connectivity index (χ3v) is 5.41. The number of rotatable bonds is 6. The molecule has 0 atom stereocenters. The Morgan fingerprint density at radius 1 is 0.964 bits per heavy atom. The normalized spacial score (nSPS) is 11.1. The van der Waals surface area contributed by atoms with E-state index in [1.165, 1.54) is 12.1 Å². The summed E-state index contributed by atoms with van der Waals surface area (Å²) in [5.74, 6) is -0.118. The number of ether oxygens (including phenoxy) is 1. The van der Waals surface area contributed by atoms with Crippen molar-refractivity contribution >= 4 is 33.0 Å². The molecule has 5 nitrogen and oxygen atoms in total. The number of halogens is 1. The van der Waals surface area contributed by atoms with Gasteiger partial charge in [-0.1, -0.05) is 60.1 Å². The van der Waals surface area contributed by atoms with Crippen LogP contribution in [-0.4, -0.2) is 27.2 Å². The first-order chi connectivity index (χ1) is 13.3. The van der Waals surface area contributed by atoms with E-state index in [2.05, 4.69) is 5.32 Å². The molecule has 0 saturated heterocycles. The number of hydrogen-bond acceptors (Lipinski definition) is 4. The van der Waals surface area contributed by atoms with Crippen LogP contribution in [0.2, 0.25) is 5.02 Å². The molecule has 0 aliphatic rings. The molecule has 3 aromatic carbocycles. The molecule has 7 heteroatoms. The molecule has 0 aromatic heterocycles. The van der Waals surface area contributed by atoms with E-state index in [4.69, 9.17) is 16.3 Å². The molecule has 0 aliphatic carbocycles. The topological polar surface area (TPSA) is 72.5 Å². The molecule has 0 heterocycles. The number of carbonyl (C=O) groups excluding carboxylic acids is 1. The van der Waals surface area contributed by atoms with Crippen LogP contribution in [0.25, 0.3) is 11.1 Å². The molecule has 0 saturated carbocycles. The van der Waals surface area contributed by atoms with Gasteiger partial charge >= 0.3 is 0 Å². The number of anilines is 1. The Morgan fingerprint density at radius 3 is 2.32 bits per heavy atom. The molecule has 3 rings (SSSR count). The first kappa shape index (κ1) is 19.9. The van der Waals surface area contributed by atoms with Crippen LogP contribution in [0, 0.1) is 0 Å². The molecule has 0 fully saturated rings. The van der Waals surface area contributed by atoms with Crippen LogP contribution in [0.3, 0.4) is 0 Å². The first-order valence-electron chi connectivity index (χ1n) is 8.41. The fourth-order valence-corrected chi connectivity index (χ4v) is 3.73. The summed E-state index contributed by atoms with van der Waals surface area (Å²) >= 11 is 6.27. The van der Waals surface area contributed by atoms with Gasteiger partial charge in [0.25, 0.3) is 5.91 Å². The van der Waals surface area contributed by atoms with Crippen molar-refractivity contribution in [2.45, 2.75) is 4.90 Å². The molecule has 1 N–H and O–H groups in total. The number of nitrogens with one attached hydrogen (secondary N) is 1. The standard InChI is InChI=1S/C21H18ClNO4S/c1-28(25,26)20-10-6-5-9-18(20)23-21(24)14-27-19-12-11-16(13-17(19)22)15-7-3-2-4-8-15/h2-13H,14H2,1H3,(H,23,24). The molecule has 0 spiro atoms. The Hall–Kier alpha value is -2.83. The van der Waals surface area contributed by atoms with E-state index in [0.29, 0.717) is 10.8 Å². The highest BCUT2D eigenvalue weighted by Gasteiger charge is 2.15. The van der Waals surface area contributed by atoms with E-state index in [-0.39, 0.29) is 17.2 Å². The lowest BCUT2D eigenvalue weighted by molar-refractivity contribution is -0.118. The molecule has 0 unspecified atom stereocenters. The van der Waals surface area contributed by atoms with E-state index >= 15 is 0 Å². The lowest BCUT2D eigenvalue weighted by Crippen LogP contribution is -2.21. The van der Waals surface area contributed by atoms with Gasteiger partial charge < -0.3 is 10.1 Å². The Labute approximate surface area is 168 Å². The molecular weight excluding hydrogens is 398 g/mol. The van der Waals surface area contributed by atoms with Crippen molar-refractivity contribution in [2.75, 3.05) is 18.2 Å². The molecule has 144 valence electrons. The number of amides is 1. The van der Waals surface area contributed by atoms with Crippen LogP contribution in [0.5, 0.6) is 5.75 Å². The SMILES string of the molecule is CS(=O)(=O)c1ccccc1NC(=O)COc1ccc(-c2ccccc2)cc1Cl. The molecule has 0 bridgehead atoms. The van der Waals surface area contributed by atoms with Crippen molar-refractivity contribution in [3.8, 4) is 16.9 Å². The zero-order chi connectivity index (χ0) is 20.1. The molecule has 0 aliphatic heterocycles. The third kappa shape index (κ3) is 4.91. The first-order valence-corrected chi connectivity index (χ1v) is 10.7. The molecule has 28 heavy (non-hydrogen) atoms. The second-order valence-electron chi connectivity index (χ2n) is 6.12. The Bertz CT molecular complexity index is 1100. The minimum absolute atomic E-state index is 0.0496. The zero-order valence-electron chi connectivity index (χ0n) is 15.1. The predicted molar refractivity (Wildman–Crippen MR) is 111 cm³/mol. The van der Waals surface area contributed by atoms with Crippen molar-refractivity contribution in [3.63, 3.8) is 0 Å². The van der Waals surface area contributed by atoms with Crippen molar-refractivity contribution in [1.82, 2.24) is 0 Å². The van der Waals surface area contributed by atoms with Gasteiger partial charge in [-0.15, -0.1) is 0 Å². The van der Waals surface area contributed by atoms with Crippen LogP contribution >= 0.6 is 11.6 Å². The fourth-order valence-electron chi connectivity index (χ4n) is 2.65. The Morgan fingerprint density at radius 2 is 1.64 bits per heavy atom. The summed E-state index contributed by atoms with van der Waals surface area (Å²) in [5.41, 5.74) is 2.17. The minimum atomic E-state index is -3.46. The maximum absolute atomic E-state index is 12.2. The van der Waals surface area contributed by atoms with Gasteiger partial charge in [-0.25, -0.2) is 8.42 Å². The lowest BCUT2D eigenvalue weighted by atomic mass is 10.1. The maximum atomic E-state index is 12.2. The smallest absolute Gasteiger partial charge is 0.262 e. The van der Waals surface area contributed by atoms with Crippen LogP contribution in [-0.2, 0) is 14.6 Å². The molecule has 0 radical (unpaired) electrons. The largest absolute Gasteiger partial charge is 0.482 e. The summed E-state index contributed by atoms with van der Waals surface area (Å²) in [6, 6.07) is 21.3. The summed E-state index contributed by atoms with van der Waals surface area (Å²) in [4.78, 5) is 12.2. The average molecular weight is 416 g/mol. The average Bonchev–Trinajstić information content (AvgIpc) is 2.67. The van der Waals surface area contributed by atoms with Crippen molar-refractivity contribution in [2.24, 2.45) is 0 Å². The highest BCUT2D eigenvalue weighted by molar-refractivity contribution is 7.90. The van der Waals surface area contributed by atoms with Crippen LogP contribution in [0.15, 0.2) is 77.7 Å². The second-order valence-corrected chi connectivity index (χ2v) is 8.51. The van der Waals surface area contributed by atoms with Gasteiger partial charge in [0, 0.05) is 6.26 Å². The van der Waals surface area contributed by atoms with Crippen LogP contribution < -0.4 is 10.1 Å². The molecular formula is C21H18ClNO4S. The highest BCUT2D eigenvalue weighted by Crippen LogP contribution is 2.30. The Balaban J connectivity index is 1.67. The van der Waals surface area contributed by atoms with E-state index in [9.17, 15) is 13.2 Å². The number of hydrogen-bond donors (Lipinski definition) is 1. The van der Waals surface area contributed by atoms with Gasteiger partial charge in [-0.05, 0) is 35.4 Å². The molecule has 1 amide bonds. The monoisotopic (exact) mass is 415 g/mol. The quantitative estimate of drug-likeness (QED) is 0.646. The zero-order valence-corrected chi connectivity index (χ0v) is 16.6. The van der Waals surface area contributed by atoms with Gasteiger partial charge in [0.15, 0.2) is 16.4 Å². The highest BCUT2D eigenvalue weighted by atomic mass is 35.5. The number of sulfone groups is 1. The van der Waals surface area contributed by atoms with Crippen molar-refractivity contribution < 1.29 is 17.9 Å². The summed E-state index contributed by atoms with van der Waals surface area (Å²) < 4.78 is 29.1. The Kier molecular flexibility index (Phi) is 6.02. The summed E-state index contributed by atoms with van der Waals surface area (Å²) in [7, 11) is -3.46. The van der Waals surface area contributed by atoms with E-state index in [0.717, 1.165) is 17.4 Å². The minimum Gasteiger partial charge on any atom is -0.482 e. The van der Waals surface area contributed by atoms with E-state index < -0.39 is 15.7 Å². The lowest BCUT2D eigenvalue weighted by Gasteiger charge is -2.12. The van der Waals surface area contributed by atoms with Gasteiger partial charge in [0.1, 0.15) is 5.75 Å². The summed E-state index contributed by atoms with van der Waals surface area (Å²) in [5, 5.41) is 2.94. The number of benzene rings is 3. The number of para-hydroxylation sites is 1. The summed E-state index contributed by atoms with van der Waals surface area (Å²) in [6.45, 7) is -0.303. The fraction of sp³-hybridized carbons (Fsp3) is 0.0952. The van der Waals surface area contributed by atoms with Crippen molar-refractivity contribution in [1.29, 1.82) is 0 Å². The van der Waals surface area contributed by atoms with Gasteiger partial charge in [-0.2, -0.15) is 0 Å². The third-order valence-electron chi connectivity index (χ3n) is 3.96.